The smallest absolute Gasteiger partial charge is 0.251 e. The van der Waals surface area contributed by atoms with Gasteiger partial charge in [0.05, 0.1) is 0 Å². The Kier molecular flexibility index (Phi) is 4.53. The maximum Gasteiger partial charge on any atom is 0.251 e. The second-order valence-corrected chi connectivity index (χ2v) is 4.03. The Hall–Kier alpha value is -1.31. The van der Waals surface area contributed by atoms with Crippen molar-refractivity contribution in [2.45, 2.75) is 40.0 Å². The van der Waals surface area contributed by atoms with Gasteiger partial charge in [-0.1, -0.05) is 39.8 Å². The molecule has 0 aliphatic carbocycles. The van der Waals surface area contributed by atoms with Crippen LogP contribution in [-0.2, 0) is 6.42 Å². The number of hydrogen-bond donors (Lipinski definition) is 1. The summed E-state index contributed by atoms with van der Waals surface area (Å²) >= 11 is 0. The average molecular weight is 219 g/mol. The van der Waals surface area contributed by atoms with Gasteiger partial charge in [0.15, 0.2) is 0 Å². The number of fused-ring (bicyclic) bond motifs is 1. The van der Waals surface area contributed by atoms with E-state index in [-0.39, 0.29) is 5.91 Å². The number of rotatable bonds is 1. The van der Waals surface area contributed by atoms with E-state index in [1.807, 2.05) is 26.0 Å². The van der Waals surface area contributed by atoms with Crippen molar-refractivity contribution in [3.63, 3.8) is 0 Å². The van der Waals surface area contributed by atoms with Crippen molar-refractivity contribution in [1.82, 2.24) is 5.32 Å². The van der Waals surface area contributed by atoms with Gasteiger partial charge in [-0.25, -0.2) is 0 Å². The van der Waals surface area contributed by atoms with Gasteiger partial charge in [0.25, 0.3) is 5.91 Å². The summed E-state index contributed by atoms with van der Waals surface area (Å²) in [5.41, 5.74) is 3.42. The number of carbonyl (C=O) groups excluding carboxylic acids is 1. The molecule has 2 rings (SSSR count). The van der Waals surface area contributed by atoms with Gasteiger partial charge in [-0.3, -0.25) is 4.79 Å². The van der Waals surface area contributed by atoms with Gasteiger partial charge in [0.2, 0.25) is 0 Å². The molecule has 0 saturated heterocycles. The zero-order valence-corrected chi connectivity index (χ0v) is 10.6. The highest BCUT2D eigenvalue weighted by Gasteiger charge is 2.19. The lowest BCUT2D eigenvalue weighted by Gasteiger charge is -2.21. The number of benzene rings is 1. The number of hydrogen-bond acceptors (Lipinski definition) is 1. The zero-order valence-electron chi connectivity index (χ0n) is 10.6. The van der Waals surface area contributed by atoms with Crippen LogP contribution in [-0.4, -0.2) is 12.5 Å². The van der Waals surface area contributed by atoms with Crippen LogP contribution in [0.4, 0.5) is 0 Å². The third-order valence-electron chi connectivity index (χ3n) is 2.74. The third-order valence-corrected chi connectivity index (χ3v) is 2.74. The fraction of sp³-hybridized carbons (Fsp3) is 0.500. The maximum absolute atomic E-state index is 11.5. The van der Waals surface area contributed by atoms with Crippen LogP contribution >= 0.6 is 0 Å². The minimum atomic E-state index is 0.0775. The predicted molar refractivity (Wildman–Crippen MR) is 67.9 cm³/mol. The minimum absolute atomic E-state index is 0.0775. The second-order valence-electron chi connectivity index (χ2n) is 4.03. The van der Waals surface area contributed by atoms with Crippen molar-refractivity contribution in [2.75, 3.05) is 6.54 Å². The van der Waals surface area contributed by atoms with Crippen LogP contribution in [0.2, 0.25) is 0 Å². The first-order valence-corrected chi connectivity index (χ1v) is 6.10. The molecule has 1 heterocycles. The normalized spacial score (nSPS) is 13.7. The standard InChI is InChI=1S/C12H15NO.C2H6/c1-8(2)9-4-3-5-11-10(9)6-7-13-12(11)14;1-2/h3-5,8H,6-7H2,1-2H3,(H,13,14);1-2H3. The molecule has 0 atom stereocenters. The lowest BCUT2D eigenvalue weighted by Crippen LogP contribution is -2.32. The first-order valence-electron chi connectivity index (χ1n) is 6.10. The molecular weight excluding hydrogens is 198 g/mol. The highest BCUT2D eigenvalue weighted by Crippen LogP contribution is 2.24. The van der Waals surface area contributed by atoms with E-state index in [1.54, 1.807) is 0 Å². The van der Waals surface area contributed by atoms with Gasteiger partial charge in [0.1, 0.15) is 0 Å². The van der Waals surface area contributed by atoms with Crippen molar-refractivity contribution in [3.05, 3.63) is 34.9 Å². The van der Waals surface area contributed by atoms with Crippen molar-refractivity contribution in [2.24, 2.45) is 0 Å². The molecule has 1 amide bonds. The quantitative estimate of drug-likeness (QED) is 0.772. The molecule has 1 aromatic carbocycles. The van der Waals surface area contributed by atoms with E-state index in [0.29, 0.717) is 5.92 Å². The van der Waals surface area contributed by atoms with Crippen LogP contribution in [0, 0.1) is 0 Å². The molecule has 1 aliphatic rings. The predicted octanol–water partition coefficient (Wildman–Crippen LogP) is 3.12. The van der Waals surface area contributed by atoms with Gasteiger partial charge in [-0.15, -0.1) is 0 Å². The van der Waals surface area contributed by atoms with E-state index in [9.17, 15) is 4.79 Å². The summed E-state index contributed by atoms with van der Waals surface area (Å²) in [6.45, 7) is 9.11. The lowest BCUT2D eigenvalue weighted by molar-refractivity contribution is 0.0945. The Labute approximate surface area is 98.1 Å². The zero-order chi connectivity index (χ0) is 12.1. The number of amides is 1. The highest BCUT2D eigenvalue weighted by molar-refractivity contribution is 5.97. The average Bonchev–Trinajstić information content (AvgIpc) is 2.31. The molecule has 1 aliphatic heterocycles. The van der Waals surface area contributed by atoms with Gasteiger partial charge < -0.3 is 5.32 Å². The fourth-order valence-corrected chi connectivity index (χ4v) is 2.03. The van der Waals surface area contributed by atoms with Crippen LogP contribution in [0.1, 0.15) is 55.1 Å². The molecule has 0 fully saturated rings. The SMILES string of the molecule is CC.CC(C)c1cccc2c1CCNC2=O. The molecule has 0 saturated carbocycles. The summed E-state index contributed by atoms with van der Waals surface area (Å²) in [6.07, 6.45) is 0.968. The summed E-state index contributed by atoms with van der Waals surface area (Å²) in [4.78, 5) is 11.5. The molecule has 0 bridgehead atoms. The topological polar surface area (TPSA) is 29.1 Å². The highest BCUT2D eigenvalue weighted by atomic mass is 16.1. The summed E-state index contributed by atoms with van der Waals surface area (Å²) in [5, 5.41) is 2.87. The van der Waals surface area contributed by atoms with Gasteiger partial charge in [-0.2, -0.15) is 0 Å². The molecular formula is C14H21NO. The van der Waals surface area contributed by atoms with Crippen molar-refractivity contribution >= 4 is 5.91 Å². The van der Waals surface area contributed by atoms with Crippen molar-refractivity contribution in [3.8, 4) is 0 Å². The summed E-state index contributed by atoms with van der Waals surface area (Å²) < 4.78 is 0. The van der Waals surface area contributed by atoms with Gasteiger partial charge in [-0.05, 0) is 29.5 Å². The van der Waals surface area contributed by atoms with Crippen LogP contribution in [0.15, 0.2) is 18.2 Å². The molecule has 2 heteroatoms. The van der Waals surface area contributed by atoms with E-state index in [0.717, 1.165) is 18.5 Å². The van der Waals surface area contributed by atoms with Gasteiger partial charge >= 0.3 is 0 Å². The van der Waals surface area contributed by atoms with Crippen molar-refractivity contribution in [1.29, 1.82) is 0 Å². The second kappa shape index (κ2) is 5.69. The van der Waals surface area contributed by atoms with E-state index in [1.165, 1.54) is 11.1 Å². The number of carbonyl (C=O) groups is 1. The summed E-state index contributed by atoms with van der Waals surface area (Å²) in [7, 11) is 0. The lowest BCUT2D eigenvalue weighted by atomic mass is 9.89. The molecule has 2 nitrogen and oxygen atoms in total. The fourth-order valence-electron chi connectivity index (χ4n) is 2.03. The van der Waals surface area contributed by atoms with Crippen LogP contribution in [0.25, 0.3) is 0 Å². The Morgan fingerprint density at radius 3 is 2.56 bits per heavy atom. The molecule has 0 spiro atoms. The van der Waals surface area contributed by atoms with E-state index in [2.05, 4.69) is 25.2 Å². The maximum atomic E-state index is 11.5. The molecule has 1 aromatic rings. The monoisotopic (exact) mass is 219 g/mol. The minimum Gasteiger partial charge on any atom is -0.352 e. The van der Waals surface area contributed by atoms with Crippen molar-refractivity contribution < 1.29 is 4.79 Å². The van der Waals surface area contributed by atoms with Crippen LogP contribution < -0.4 is 5.32 Å². The molecule has 0 aromatic heterocycles. The molecule has 0 unspecified atom stereocenters. The summed E-state index contributed by atoms with van der Waals surface area (Å²) in [6, 6.07) is 6.01. The molecule has 16 heavy (non-hydrogen) atoms. The number of nitrogens with one attached hydrogen (secondary N) is 1. The van der Waals surface area contributed by atoms with Gasteiger partial charge in [0, 0.05) is 12.1 Å². The molecule has 88 valence electrons. The first kappa shape index (κ1) is 12.8. The first-order chi connectivity index (χ1) is 7.70. The molecule has 1 N–H and O–H groups in total. The largest absolute Gasteiger partial charge is 0.352 e. The van der Waals surface area contributed by atoms with E-state index in [4.69, 9.17) is 0 Å². The summed E-state index contributed by atoms with van der Waals surface area (Å²) in [5.74, 6) is 0.574. The van der Waals surface area contributed by atoms with Crippen LogP contribution in [0.3, 0.4) is 0 Å². The third kappa shape index (κ3) is 2.43. The Morgan fingerprint density at radius 1 is 1.25 bits per heavy atom. The van der Waals surface area contributed by atoms with E-state index < -0.39 is 0 Å². The Morgan fingerprint density at radius 2 is 1.94 bits per heavy atom. The van der Waals surface area contributed by atoms with E-state index >= 15 is 0 Å². The molecule has 0 radical (unpaired) electrons. The van der Waals surface area contributed by atoms with Crippen LogP contribution in [0.5, 0.6) is 0 Å². The Bertz CT molecular complexity index is 369. The Balaban J connectivity index is 0.000000606.